The van der Waals surface area contributed by atoms with Crippen molar-refractivity contribution in [1.29, 1.82) is 0 Å². The molecule has 0 saturated carbocycles. The maximum absolute atomic E-state index is 13.3. The van der Waals surface area contributed by atoms with Crippen molar-refractivity contribution in [3.63, 3.8) is 0 Å². The van der Waals surface area contributed by atoms with Crippen molar-refractivity contribution in [2.45, 2.75) is 19.8 Å². The standard InChI is InChI=1S/C26H29N5O2/c1-19-17-24(22-6-2-3-7-23(22)28-19)29-13-15-30(16-14-29)26(33)21-5-4-12-31(18-21)25(32)20-8-10-27-11-9-20/h2-3,6-11,17,21H,4-5,12-16,18H2,1H3. The van der Waals surface area contributed by atoms with Crippen LogP contribution in [0.5, 0.6) is 0 Å². The van der Waals surface area contributed by atoms with Gasteiger partial charge in [0.1, 0.15) is 0 Å². The molecule has 2 amide bonds. The molecule has 0 spiro atoms. The Balaban J connectivity index is 1.23. The molecular formula is C26H29N5O2. The van der Waals surface area contributed by atoms with E-state index in [0.717, 1.165) is 42.5 Å². The number of rotatable bonds is 3. The number of nitrogens with zero attached hydrogens (tertiary/aromatic N) is 5. The van der Waals surface area contributed by atoms with Gasteiger partial charge in [0.15, 0.2) is 0 Å². The van der Waals surface area contributed by atoms with Gasteiger partial charge in [-0.05, 0) is 44.0 Å². The number of piperidine rings is 1. The Labute approximate surface area is 194 Å². The molecule has 0 aliphatic carbocycles. The van der Waals surface area contributed by atoms with Crippen LogP contribution in [-0.4, -0.2) is 70.9 Å². The van der Waals surface area contributed by atoms with Crippen molar-refractivity contribution in [2.75, 3.05) is 44.2 Å². The number of fused-ring (bicyclic) bond motifs is 1. The van der Waals surface area contributed by atoms with Crippen molar-refractivity contribution in [3.05, 3.63) is 66.1 Å². The summed E-state index contributed by atoms with van der Waals surface area (Å²) in [5.74, 6) is 0.0392. The lowest BCUT2D eigenvalue weighted by Crippen LogP contribution is -2.53. The summed E-state index contributed by atoms with van der Waals surface area (Å²) in [5, 5.41) is 1.15. The van der Waals surface area contributed by atoms with E-state index in [-0.39, 0.29) is 17.7 Å². The Morgan fingerprint density at radius 2 is 1.70 bits per heavy atom. The van der Waals surface area contributed by atoms with Crippen LogP contribution in [0.25, 0.3) is 10.9 Å². The summed E-state index contributed by atoms with van der Waals surface area (Å²) in [5.41, 5.74) is 3.83. The number of pyridine rings is 2. The molecular weight excluding hydrogens is 414 g/mol. The summed E-state index contributed by atoms with van der Waals surface area (Å²) < 4.78 is 0. The number of carbonyl (C=O) groups is 2. The van der Waals surface area contributed by atoms with Gasteiger partial charge in [0.2, 0.25) is 5.91 Å². The predicted molar refractivity (Wildman–Crippen MR) is 128 cm³/mol. The number of hydrogen-bond donors (Lipinski definition) is 0. The van der Waals surface area contributed by atoms with Gasteiger partial charge in [0.25, 0.3) is 5.91 Å². The van der Waals surface area contributed by atoms with Crippen LogP contribution in [-0.2, 0) is 4.79 Å². The highest BCUT2D eigenvalue weighted by Gasteiger charge is 2.33. The van der Waals surface area contributed by atoms with Crippen LogP contribution in [0.15, 0.2) is 54.9 Å². The fraction of sp³-hybridized carbons (Fsp3) is 0.385. The average molecular weight is 444 g/mol. The maximum Gasteiger partial charge on any atom is 0.253 e. The topological polar surface area (TPSA) is 69.6 Å². The molecule has 7 heteroatoms. The summed E-state index contributed by atoms with van der Waals surface area (Å²) in [4.78, 5) is 41.0. The van der Waals surface area contributed by atoms with Crippen LogP contribution in [0.1, 0.15) is 28.9 Å². The van der Waals surface area contributed by atoms with Gasteiger partial charge in [-0.1, -0.05) is 18.2 Å². The average Bonchev–Trinajstić information content (AvgIpc) is 2.88. The number of hydrogen-bond acceptors (Lipinski definition) is 5. The first-order chi connectivity index (χ1) is 16.1. The third-order valence-corrected chi connectivity index (χ3v) is 6.74. The molecule has 7 nitrogen and oxygen atoms in total. The molecule has 2 aromatic heterocycles. The molecule has 2 saturated heterocycles. The third-order valence-electron chi connectivity index (χ3n) is 6.74. The lowest BCUT2D eigenvalue weighted by atomic mass is 9.95. The Bertz CT molecular complexity index is 1160. The van der Waals surface area contributed by atoms with E-state index in [4.69, 9.17) is 0 Å². The molecule has 4 heterocycles. The maximum atomic E-state index is 13.3. The zero-order valence-electron chi connectivity index (χ0n) is 19.0. The Morgan fingerprint density at radius 1 is 0.939 bits per heavy atom. The van der Waals surface area contributed by atoms with E-state index < -0.39 is 0 Å². The van der Waals surface area contributed by atoms with Gasteiger partial charge in [-0.3, -0.25) is 19.6 Å². The number of likely N-dealkylation sites (tertiary alicyclic amines) is 1. The smallest absolute Gasteiger partial charge is 0.253 e. The lowest BCUT2D eigenvalue weighted by molar-refractivity contribution is -0.137. The van der Waals surface area contributed by atoms with Crippen molar-refractivity contribution >= 4 is 28.4 Å². The molecule has 1 atom stereocenters. The first kappa shape index (κ1) is 21.4. The highest BCUT2D eigenvalue weighted by molar-refractivity contribution is 5.95. The van der Waals surface area contributed by atoms with Gasteiger partial charge in [0.05, 0.1) is 11.4 Å². The minimum Gasteiger partial charge on any atom is -0.367 e. The molecule has 170 valence electrons. The number of piperazine rings is 1. The van der Waals surface area contributed by atoms with Crippen LogP contribution in [0.4, 0.5) is 5.69 Å². The quantitative estimate of drug-likeness (QED) is 0.622. The van der Waals surface area contributed by atoms with E-state index in [1.165, 1.54) is 5.69 Å². The van der Waals surface area contributed by atoms with E-state index >= 15 is 0 Å². The van der Waals surface area contributed by atoms with Gasteiger partial charge in [-0.15, -0.1) is 0 Å². The highest BCUT2D eigenvalue weighted by Crippen LogP contribution is 2.28. The molecule has 1 aromatic carbocycles. The molecule has 33 heavy (non-hydrogen) atoms. The van der Waals surface area contributed by atoms with Crippen molar-refractivity contribution < 1.29 is 9.59 Å². The molecule has 5 rings (SSSR count). The van der Waals surface area contributed by atoms with E-state index in [9.17, 15) is 9.59 Å². The number of carbonyl (C=O) groups excluding carboxylic acids is 2. The lowest BCUT2D eigenvalue weighted by Gasteiger charge is -2.40. The van der Waals surface area contributed by atoms with Crippen LogP contribution in [0.2, 0.25) is 0 Å². The summed E-state index contributed by atoms with van der Waals surface area (Å²) in [6.45, 7) is 6.21. The second kappa shape index (κ2) is 9.17. The monoisotopic (exact) mass is 443 g/mol. The number of anilines is 1. The van der Waals surface area contributed by atoms with Gasteiger partial charge < -0.3 is 14.7 Å². The molecule has 2 aliphatic heterocycles. The molecule has 3 aromatic rings. The molecule has 2 fully saturated rings. The van der Waals surface area contributed by atoms with Gasteiger partial charge in [-0.25, -0.2) is 0 Å². The summed E-state index contributed by atoms with van der Waals surface area (Å²) in [6.07, 6.45) is 4.96. The minimum atomic E-state index is -0.125. The summed E-state index contributed by atoms with van der Waals surface area (Å²) in [7, 11) is 0. The van der Waals surface area contributed by atoms with Crippen molar-refractivity contribution in [2.24, 2.45) is 5.92 Å². The fourth-order valence-corrected chi connectivity index (χ4v) is 5.01. The second-order valence-corrected chi connectivity index (χ2v) is 8.94. The third kappa shape index (κ3) is 4.40. The van der Waals surface area contributed by atoms with Crippen LogP contribution in [0, 0.1) is 12.8 Å². The zero-order chi connectivity index (χ0) is 22.8. The summed E-state index contributed by atoms with van der Waals surface area (Å²) in [6, 6.07) is 13.8. The second-order valence-electron chi connectivity index (χ2n) is 8.94. The van der Waals surface area contributed by atoms with E-state index in [0.29, 0.717) is 31.7 Å². The van der Waals surface area contributed by atoms with Crippen LogP contribution in [0.3, 0.4) is 0 Å². The SMILES string of the molecule is Cc1cc(N2CCN(C(=O)C3CCCN(C(=O)c4ccncc4)C3)CC2)c2ccccc2n1. The number of aromatic nitrogens is 2. The minimum absolute atomic E-state index is 0.0142. The number of para-hydroxylation sites is 1. The van der Waals surface area contributed by atoms with E-state index in [1.807, 2.05) is 34.9 Å². The Morgan fingerprint density at radius 3 is 2.48 bits per heavy atom. The number of benzene rings is 1. The van der Waals surface area contributed by atoms with Crippen molar-refractivity contribution in [3.8, 4) is 0 Å². The normalized spacial score (nSPS) is 19.1. The highest BCUT2D eigenvalue weighted by atomic mass is 16.2. The molecule has 2 aliphatic rings. The van der Waals surface area contributed by atoms with Crippen molar-refractivity contribution in [1.82, 2.24) is 19.8 Å². The van der Waals surface area contributed by atoms with E-state index in [1.54, 1.807) is 24.5 Å². The van der Waals surface area contributed by atoms with Crippen LogP contribution < -0.4 is 4.90 Å². The van der Waals surface area contributed by atoms with Gasteiger partial charge in [-0.2, -0.15) is 0 Å². The zero-order valence-corrected chi connectivity index (χ0v) is 19.0. The molecule has 1 unspecified atom stereocenters. The molecule has 0 bridgehead atoms. The van der Waals surface area contributed by atoms with Gasteiger partial charge in [0, 0.05) is 74.0 Å². The van der Waals surface area contributed by atoms with Crippen LogP contribution >= 0.6 is 0 Å². The molecule has 0 N–H and O–H groups in total. The Kier molecular flexibility index (Phi) is 5.94. The van der Waals surface area contributed by atoms with E-state index in [2.05, 4.69) is 27.0 Å². The first-order valence-electron chi connectivity index (χ1n) is 11.7. The Hall–Kier alpha value is -3.48. The fourth-order valence-electron chi connectivity index (χ4n) is 5.01. The molecule has 0 radical (unpaired) electrons. The largest absolute Gasteiger partial charge is 0.367 e. The van der Waals surface area contributed by atoms with Gasteiger partial charge >= 0.3 is 0 Å². The first-order valence-corrected chi connectivity index (χ1v) is 11.7. The predicted octanol–water partition coefficient (Wildman–Crippen LogP) is 3.14. The summed E-state index contributed by atoms with van der Waals surface area (Å²) >= 11 is 0. The number of amides is 2. The number of aryl methyl sites for hydroxylation is 1.